The molecule has 18 heavy (non-hydrogen) atoms. The first-order valence-electron chi connectivity index (χ1n) is 6.61. The van der Waals surface area contributed by atoms with Gasteiger partial charge in [-0.3, -0.25) is 0 Å². The number of hydrogen-bond acceptors (Lipinski definition) is 4. The third-order valence-electron chi connectivity index (χ3n) is 2.33. The largest absolute Gasteiger partial charge is 0.381 e. The molecule has 0 aliphatic rings. The third-order valence-corrected chi connectivity index (χ3v) is 2.74. The van der Waals surface area contributed by atoms with Crippen molar-refractivity contribution in [2.24, 2.45) is 0 Å². The lowest BCUT2D eigenvalue weighted by atomic mass is 10.3. The van der Waals surface area contributed by atoms with Crippen LogP contribution in [0.4, 0.5) is 5.82 Å². The van der Waals surface area contributed by atoms with Crippen LogP contribution in [-0.4, -0.2) is 29.7 Å². The molecule has 1 N–H and O–H groups in total. The molecule has 0 radical (unpaired) electrons. The highest BCUT2D eigenvalue weighted by molar-refractivity contribution is 9.10. The molecule has 0 aromatic carbocycles. The van der Waals surface area contributed by atoms with Gasteiger partial charge in [0.15, 0.2) is 0 Å². The maximum absolute atomic E-state index is 5.42. The number of rotatable bonds is 9. The number of aromatic nitrogens is 2. The Morgan fingerprint density at radius 2 is 2.06 bits per heavy atom. The van der Waals surface area contributed by atoms with E-state index in [-0.39, 0.29) is 0 Å². The molecular weight excluding hydrogens is 294 g/mol. The molecule has 1 rings (SSSR count). The van der Waals surface area contributed by atoms with E-state index in [1.807, 2.05) is 6.07 Å². The van der Waals surface area contributed by atoms with Crippen LogP contribution in [0.2, 0.25) is 0 Å². The Hall–Kier alpha value is -0.680. The van der Waals surface area contributed by atoms with E-state index < -0.39 is 0 Å². The predicted octanol–water partition coefficient (Wildman–Crippen LogP) is 3.42. The average Bonchev–Trinajstić information content (AvgIpc) is 2.33. The molecule has 5 heteroatoms. The molecule has 0 saturated carbocycles. The van der Waals surface area contributed by atoms with E-state index in [4.69, 9.17) is 4.74 Å². The van der Waals surface area contributed by atoms with Crippen molar-refractivity contribution in [3.63, 3.8) is 0 Å². The van der Waals surface area contributed by atoms with Gasteiger partial charge in [-0.2, -0.15) is 0 Å². The van der Waals surface area contributed by atoms with Crippen molar-refractivity contribution < 1.29 is 4.74 Å². The molecule has 0 saturated heterocycles. The van der Waals surface area contributed by atoms with Gasteiger partial charge < -0.3 is 10.1 Å². The summed E-state index contributed by atoms with van der Waals surface area (Å²) < 4.78 is 6.26. The van der Waals surface area contributed by atoms with Crippen molar-refractivity contribution >= 4 is 21.7 Å². The molecule has 1 heterocycles. The first-order chi connectivity index (χ1) is 8.76. The highest BCUT2D eigenvalue weighted by atomic mass is 79.9. The molecule has 0 atom stereocenters. The summed E-state index contributed by atoms with van der Waals surface area (Å²) in [4.78, 5) is 8.80. The minimum Gasteiger partial charge on any atom is -0.381 e. The quantitative estimate of drug-likeness (QED) is 0.560. The summed E-state index contributed by atoms with van der Waals surface area (Å²) in [5.41, 5.74) is 0. The predicted molar refractivity (Wildman–Crippen MR) is 77.9 cm³/mol. The molecule has 0 spiro atoms. The van der Waals surface area contributed by atoms with Gasteiger partial charge in [0.05, 0.1) is 0 Å². The number of halogens is 1. The molecule has 0 bridgehead atoms. The zero-order valence-electron chi connectivity index (χ0n) is 11.2. The van der Waals surface area contributed by atoms with Crippen molar-refractivity contribution in [3.05, 3.63) is 16.5 Å². The Bertz CT molecular complexity index is 347. The van der Waals surface area contributed by atoms with Gasteiger partial charge in [-0.05, 0) is 35.2 Å². The Morgan fingerprint density at radius 3 is 2.78 bits per heavy atom. The summed E-state index contributed by atoms with van der Waals surface area (Å²) >= 11 is 3.41. The van der Waals surface area contributed by atoms with Gasteiger partial charge >= 0.3 is 0 Å². The van der Waals surface area contributed by atoms with E-state index in [1.54, 1.807) is 0 Å². The molecule has 0 amide bonds. The second kappa shape index (κ2) is 9.28. The molecular formula is C13H22BrN3O. The van der Waals surface area contributed by atoms with Crippen molar-refractivity contribution in [1.82, 2.24) is 9.97 Å². The van der Waals surface area contributed by atoms with E-state index >= 15 is 0 Å². The number of hydrogen-bond donors (Lipinski definition) is 1. The number of anilines is 1. The van der Waals surface area contributed by atoms with Crippen molar-refractivity contribution in [3.8, 4) is 0 Å². The summed E-state index contributed by atoms with van der Waals surface area (Å²) in [6, 6.07) is 1.91. The van der Waals surface area contributed by atoms with Crippen LogP contribution in [0.5, 0.6) is 0 Å². The van der Waals surface area contributed by atoms with E-state index in [2.05, 4.69) is 45.1 Å². The fourth-order valence-corrected chi connectivity index (χ4v) is 1.95. The van der Waals surface area contributed by atoms with Crippen molar-refractivity contribution in [1.29, 1.82) is 0 Å². The highest BCUT2D eigenvalue weighted by Crippen LogP contribution is 2.13. The molecule has 1 aromatic heterocycles. The van der Waals surface area contributed by atoms with Gasteiger partial charge in [0.2, 0.25) is 0 Å². The SMILES string of the molecule is CCCOCCCNc1cc(Br)nc(CCC)n1. The first-order valence-corrected chi connectivity index (χ1v) is 7.40. The van der Waals surface area contributed by atoms with Gasteiger partial charge in [0, 0.05) is 32.2 Å². The fraction of sp³-hybridized carbons (Fsp3) is 0.692. The Morgan fingerprint density at radius 1 is 1.22 bits per heavy atom. The second-order valence-corrected chi connectivity index (χ2v) is 4.95. The zero-order chi connectivity index (χ0) is 13.2. The topological polar surface area (TPSA) is 47.0 Å². The van der Waals surface area contributed by atoms with Crippen LogP contribution in [0.3, 0.4) is 0 Å². The maximum Gasteiger partial charge on any atom is 0.132 e. The lowest BCUT2D eigenvalue weighted by Crippen LogP contribution is -2.09. The lowest BCUT2D eigenvalue weighted by molar-refractivity contribution is 0.134. The van der Waals surface area contributed by atoms with Crippen LogP contribution >= 0.6 is 15.9 Å². The molecule has 102 valence electrons. The lowest BCUT2D eigenvalue weighted by Gasteiger charge is -2.08. The summed E-state index contributed by atoms with van der Waals surface area (Å²) in [5, 5.41) is 3.30. The van der Waals surface area contributed by atoms with Crippen LogP contribution in [0.15, 0.2) is 10.7 Å². The van der Waals surface area contributed by atoms with Crippen LogP contribution in [0.1, 0.15) is 38.9 Å². The number of ether oxygens (including phenoxy) is 1. The summed E-state index contributed by atoms with van der Waals surface area (Å²) in [7, 11) is 0. The van der Waals surface area contributed by atoms with Gasteiger partial charge in [0.25, 0.3) is 0 Å². The van der Waals surface area contributed by atoms with Gasteiger partial charge in [-0.15, -0.1) is 0 Å². The van der Waals surface area contributed by atoms with Crippen LogP contribution in [0, 0.1) is 0 Å². The summed E-state index contributed by atoms with van der Waals surface area (Å²) in [6.45, 7) is 6.77. The van der Waals surface area contributed by atoms with Gasteiger partial charge in [-0.1, -0.05) is 13.8 Å². The van der Waals surface area contributed by atoms with E-state index in [0.717, 1.165) is 61.7 Å². The number of nitrogens with one attached hydrogen (secondary N) is 1. The van der Waals surface area contributed by atoms with E-state index in [0.29, 0.717) is 0 Å². The van der Waals surface area contributed by atoms with Gasteiger partial charge in [-0.25, -0.2) is 9.97 Å². The van der Waals surface area contributed by atoms with Crippen LogP contribution in [0.25, 0.3) is 0 Å². The minimum absolute atomic E-state index is 0.801. The summed E-state index contributed by atoms with van der Waals surface area (Å²) in [5.74, 6) is 1.77. The molecule has 0 aliphatic heterocycles. The Labute approximate surface area is 118 Å². The zero-order valence-corrected chi connectivity index (χ0v) is 12.8. The Balaban J connectivity index is 2.32. The van der Waals surface area contributed by atoms with Gasteiger partial charge in [0.1, 0.15) is 16.2 Å². The molecule has 1 aromatic rings. The molecule has 0 unspecified atom stereocenters. The maximum atomic E-state index is 5.42. The van der Waals surface area contributed by atoms with E-state index in [1.165, 1.54) is 0 Å². The average molecular weight is 316 g/mol. The smallest absolute Gasteiger partial charge is 0.132 e. The number of nitrogens with zero attached hydrogens (tertiary/aromatic N) is 2. The first kappa shape index (κ1) is 15.4. The minimum atomic E-state index is 0.801. The van der Waals surface area contributed by atoms with E-state index in [9.17, 15) is 0 Å². The molecule has 0 aliphatic carbocycles. The second-order valence-electron chi connectivity index (χ2n) is 4.13. The third kappa shape index (κ3) is 6.31. The molecule has 0 fully saturated rings. The van der Waals surface area contributed by atoms with Crippen molar-refractivity contribution in [2.75, 3.05) is 25.1 Å². The standard InChI is InChI=1S/C13H22BrN3O/c1-3-6-12-16-11(14)10-13(17-12)15-7-5-9-18-8-4-2/h10H,3-9H2,1-2H3,(H,15,16,17). The van der Waals surface area contributed by atoms with Crippen LogP contribution < -0.4 is 5.32 Å². The molecule has 4 nitrogen and oxygen atoms in total. The fourth-order valence-electron chi connectivity index (χ4n) is 1.53. The van der Waals surface area contributed by atoms with Crippen LogP contribution in [-0.2, 0) is 11.2 Å². The highest BCUT2D eigenvalue weighted by Gasteiger charge is 2.01. The normalized spacial score (nSPS) is 10.6. The monoisotopic (exact) mass is 315 g/mol. The number of aryl methyl sites for hydroxylation is 1. The van der Waals surface area contributed by atoms with Crippen molar-refractivity contribution in [2.45, 2.75) is 39.5 Å². The Kier molecular flexibility index (Phi) is 7.93. The summed E-state index contributed by atoms with van der Waals surface area (Å²) in [6.07, 6.45) is 4.03.